The Morgan fingerprint density at radius 3 is 2.56 bits per heavy atom. The summed E-state index contributed by atoms with van der Waals surface area (Å²) in [5.74, 6) is 0. The summed E-state index contributed by atoms with van der Waals surface area (Å²) in [4.78, 5) is 0. The molecule has 0 aromatic heterocycles. The topological polar surface area (TPSA) is 21.3 Å². The Kier molecular flexibility index (Phi) is 3.31. The quantitative estimate of drug-likeness (QED) is 0.784. The van der Waals surface area contributed by atoms with Gasteiger partial charge in [0.05, 0.1) is 12.2 Å². The molecule has 88 valence electrons. The number of nitrogens with one attached hydrogen (secondary N) is 1. The summed E-state index contributed by atoms with van der Waals surface area (Å²) < 4.78 is 6.02. The van der Waals surface area contributed by atoms with Gasteiger partial charge in [-0.15, -0.1) is 0 Å². The van der Waals surface area contributed by atoms with E-state index in [0.29, 0.717) is 6.04 Å². The maximum absolute atomic E-state index is 6.02. The summed E-state index contributed by atoms with van der Waals surface area (Å²) in [5, 5.41) is 3.49. The van der Waals surface area contributed by atoms with E-state index in [1.165, 1.54) is 16.7 Å². The fraction of sp³-hybridized carbons (Fsp3) is 0.571. The number of hydrogen-bond donors (Lipinski definition) is 1. The molecule has 2 rings (SSSR count). The van der Waals surface area contributed by atoms with Gasteiger partial charge in [-0.05, 0) is 44.4 Å². The fourth-order valence-electron chi connectivity index (χ4n) is 2.05. The minimum atomic E-state index is 0.200. The molecular weight excluding hydrogens is 198 g/mol. The van der Waals surface area contributed by atoms with Crippen molar-refractivity contribution in [3.8, 4) is 0 Å². The van der Waals surface area contributed by atoms with E-state index in [4.69, 9.17) is 4.74 Å². The number of ether oxygens (including phenoxy) is 1. The normalized spacial score (nSPS) is 30.4. The third-order valence-electron chi connectivity index (χ3n) is 3.61. The Morgan fingerprint density at radius 2 is 1.94 bits per heavy atom. The van der Waals surface area contributed by atoms with E-state index in [1.807, 2.05) is 0 Å². The lowest BCUT2D eigenvalue weighted by Crippen LogP contribution is -2.46. The first-order valence-corrected chi connectivity index (χ1v) is 6.04. The number of rotatable bonds is 1. The van der Waals surface area contributed by atoms with Crippen LogP contribution in [0.25, 0.3) is 0 Å². The first kappa shape index (κ1) is 11.6. The van der Waals surface area contributed by atoms with Crippen LogP contribution in [0.2, 0.25) is 0 Å². The fourth-order valence-corrected chi connectivity index (χ4v) is 2.05. The summed E-state index contributed by atoms with van der Waals surface area (Å²) in [6.45, 7) is 9.51. The van der Waals surface area contributed by atoms with Gasteiger partial charge in [-0.25, -0.2) is 0 Å². The van der Waals surface area contributed by atoms with Gasteiger partial charge in [-0.3, -0.25) is 0 Å². The van der Waals surface area contributed by atoms with E-state index < -0.39 is 0 Å². The van der Waals surface area contributed by atoms with E-state index in [1.54, 1.807) is 0 Å². The van der Waals surface area contributed by atoms with Crippen LogP contribution in [0, 0.1) is 13.8 Å². The van der Waals surface area contributed by atoms with Gasteiger partial charge in [-0.1, -0.05) is 18.2 Å². The zero-order valence-corrected chi connectivity index (χ0v) is 10.6. The van der Waals surface area contributed by atoms with Crippen molar-refractivity contribution < 1.29 is 4.74 Å². The van der Waals surface area contributed by atoms with Crippen LogP contribution < -0.4 is 5.32 Å². The molecule has 0 amide bonds. The maximum atomic E-state index is 6.02. The van der Waals surface area contributed by atoms with Crippen LogP contribution in [0.3, 0.4) is 0 Å². The SMILES string of the molecule is Cc1ccc(C2CNC(C)C(C)O2)cc1C. The van der Waals surface area contributed by atoms with E-state index in [0.717, 1.165) is 6.54 Å². The molecule has 0 radical (unpaired) electrons. The molecule has 2 nitrogen and oxygen atoms in total. The van der Waals surface area contributed by atoms with Gasteiger partial charge in [0, 0.05) is 12.6 Å². The molecule has 0 aliphatic carbocycles. The number of hydrogen-bond acceptors (Lipinski definition) is 2. The second-order valence-electron chi connectivity index (χ2n) is 4.87. The Hall–Kier alpha value is -0.860. The van der Waals surface area contributed by atoms with Crippen LogP contribution in [-0.4, -0.2) is 18.7 Å². The van der Waals surface area contributed by atoms with Crippen LogP contribution in [-0.2, 0) is 4.74 Å². The summed E-state index contributed by atoms with van der Waals surface area (Å²) in [7, 11) is 0. The van der Waals surface area contributed by atoms with Gasteiger partial charge < -0.3 is 10.1 Å². The average molecular weight is 219 g/mol. The molecule has 1 fully saturated rings. The molecule has 1 heterocycles. The molecule has 1 aromatic carbocycles. The first-order chi connectivity index (χ1) is 7.58. The van der Waals surface area contributed by atoms with Crippen molar-refractivity contribution >= 4 is 0 Å². The third kappa shape index (κ3) is 2.28. The Morgan fingerprint density at radius 1 is 1.19 bits per heavy atom. The summed E-state index contributed by atoms with van der Waals surface area (Å²) in [6.07, 6.45) is 0.478. The highest BCUT2D eigenvalue weighted by molar-refractivity contribution is 5.31. The number of morpholine rings is 1. The monoisotopic (exact) mass is 219 g/mol. The van der Waals surface area contributed by atoms with Gasteiger partial charge in [0.25, 0.3) is 0 Å². The molecule has 0 bridgehead atoms. The minimum Gasteiger partial charge on any atom is -0.368 e. The number of aryl methyl sites for hydroxylation is 2. The van der Waals surface area contributed by atoms with Crippen molar-refractivity contribution in [2.75, 3.05) is 6.54 Å². The molecular formula is C14H21NO. The van der Waals surface area contributed by atoms with Crippen molar-refractivity contribution in [1.29, 1.82) is 0 Å². The predicted octanol–water partition coefficient (Wildman–Crippen LogP) is 2.74. The van der Waals surface area contributed by atoms with Crippen molar-refractivity contribution in [3.05, 3.63) is 34.9 Å². The van der Waals surface area contributed by atoms with E-state index >= 15 is 0 Å². The molecule has 1 aliphatic rings. The van der Waals surface area contributed by atoms with Gasteiger partial charge in [0.15, 0.2) is 0 Å². The molecule has 1 saturated heterocycles. The van der Waals surface area contributed by atoms with Crippen LogP contribution in [0.1, 0.15) is 36.6 Å². The molecule has 3 unspecified atom stereocenters. The van der Waals surface area contributed by atoms with Crippen LogP contribution in [0.15, 0.2) is 18.2 Å². The highest BCUT2D eigenvalue weighted by Gasteiger charge is 2.25. The largest absolute Gasteiger partial charge is 0.368 e. The predicted molar refractivity (Wildman–Crippen MR) is 66.7 cm³/mol. The highest BCUT2D eigenvalue weighted by atomic mass is 16.5. The van der Waals surface area contributed by atoms with Gasteiger partial charge in [0.2, 0.25) is 0 Å². The Bertz CT molecular complexity index is 375. The van der Waals surface area contributed by atoms with Crippen molar-refractivity contribution in [2.45, 2.75) is 45.9 Å². The summed E-state index contributed by atoms with van der Waals surface area (Å²) in [5.41, 5.74) is 3.97. The van der Waals surface area contributed by atoms with Crippen molar-refractivity contribution in [3.63, 3.8) is 0 Å². The standard InChI is InChI=1S/C14H21NO/c1-9-5-6-13(7-10(9)2)14-8-15-11(3)12(4)16-14/h5-7,11-12,14-15H,8H2,1-4H3. The summed E-state index contributed by atoms with van der Waals surface area (Å²) >= 11 is 0. The molecule has 3 atom stereocenters. The molecule has 0 spiro atoms. The lowest BCUT2D eigenvalue weighted by Gasteiger charge is -2.34. The van der Waals surface area contributed by atoms with E-state index in [-0.39, 0.29) is 12.2 Å². The van der Waals surface area contributed by atoms with Gasteiger partial charge in [0.1, 0.15) is 0 Å². The van der Waals surface area contributed by atoms with Crippen LogP contribution in [0.5, 0.6) is 0 Å². The zero-order chi connectivity index (χ0) is 11.7. The Balaban J connectivity index is 2.15. The van der Waals surface area contributed by atoms with Gasteiger partial charge in [-0.2, -0.15) is 0 Å². The second kappa shape index (κ2) is 4.56. The van der Waals surface area contributed by atoms with E-state index in [9.17, 15) is 0 Å². The van der Waals surface area contributed by atoms with Crippen molar-refractivity contribution in [2.24, 2.45) is 0 Å². The lowest BCUT2D eigenvalue weighted by molar-refractivity contribution is -0.0509. The van der Waals surface area contributed by atoms with Crippen molar-refractivity contribution in [1.82, 2.24) is 5.32 Å². The Labute approximate surface area is 98.0 Å². The highest BCUT2D eigenvalue weighted by Crippen LogP contribution is 2.25. The average Bonchev–Trinajstić information content (AvgIpc) is 2.26. The molecule has 1 aromatic rings. The smallest absolute Gasteiger partial charge is 0.0953 e. The van der Waals surface area contributed by atoms with E-state index in [2.05, 4.69) is 51.2 Å². The molecule has 2 heteroatoms. The van der Waals surface area contributed by atoms with Crippen LogP contribution in [0.4, 0.5) is 0 Å². The second-order valence-corrected chi connectivity index (χ2v) is 4.87. The third-order valence-corrected chi connectivity index (χ3v) is 3.61. The molecule has 1 N–H and O–H groups in total. The first-order valence-electron chi connectivity index (χ1n) is 6.04. The maximum Gasteiger partial charge on any atom is 0.0953 e. The lowest BCUT2D eigenvalue weighted by atomic mass is 10.0. The number of benzene rings is 1. The molecule has 1 aliphatic heterocycles. The van der Waals surface area contributed by atoms with Gasteiger partial charge >= 0.3 is 0 Å². The molecule has 0 saturated carbocycles. The summed E-state index contributed by atoms with van der Waals surface area (Å²) in [6, 6.07) is 7.04. The zero-order valence-electron chi connectivity index (χ0n) is 10.6. The molecule has 16 heavy (non-hydrogen) atoms. The van der Waals surface area contributed by atoms with Crippen LogP contribution >= 0.6 is 0 Å². The minimum absolute atomic E-state index is 0.200.